The van der Waals surface area contributed by atoms with E-state index in [1.807, 2.05) is 12.1 Å². The summed E-state index contributed by atoms with van der Waals surface area (Å²) >= 11 is 0. The van der Waals surface area contributed by atoms with E-state index in [0.29, 0.717) is 6.42 Å². The monoisotopic (exact) mass is 288 g/mol. The Morgan fingerprint density at radius 3 is 2.43 bits per heavy atom. The van der Waals surface area contributed by atoms with Gasteiger partial charge in [0, 0.05) is 11.8 Å². The van der Waals surface area contributed by atoms with Crippen LogP contribution < -0.4 is 0 Å². The second-order valence-corrected chi connectivity index (χ2v) is 5.62. The van der Waals surface area contributed by atoms with Gasteiger partial charge in [-0.15, -0.1) is 0 Å². The van der Waals surface area contributed by atoms with Crippen LogP contribution in [0.4, 0.5) is 0 Å². The van der Waals surface area contributed by atoms with Gasteiger partial charge in [0.05, 0.1) is 6.26 Å². The summed E-state index contributed by atoms with van der Waals surface area (Å²) in [5, 5.41) is 9.79. The fourth-order valence-electron chi connectivity index (χ4n) is 2.75. The molecule has 0 amide bonds. The molecule has 0 radical (unpaired) electrons. The van der Waals surface area contributed by atoms with Gasteiger partial charge in [0.15, 0.2) is 0 Å². The van der Waals surface area contributed by atoms with Crippen molar-refractivity contribution in [2.24, 2.45) is 0 Å². The summed E-state index contributed by atoms with van der Waals surface area (Å²) in [4.78, 5) is 10.4. The van der Waals surface area contributed by atoms with Gasteiger partial charge in [-0.1, -0.05) is 44.2 Å². The number of hydrogen-bond acceptors (Lipinski definition) is 2. The van der Waals surface area contributed by atoms with E-state index in [9.17, 15) is 4.79 Å². The lowest BCUT2D eigenvalue weighted by Gasteiger charge is -2.03. The lowest BCUT2D eigenvalue weighted by atomic mass is 10.0. The first kappa shape index (κ1) is 15.6. The van der Waals surface area contributed by atoms with Crippen molar-refractivity contribution in [2.75, 3.05) is 0 Å². The number of rotatable bonds is 10. The van der Waals surface area contributed by atoms with Gasteiger partial charge in [0.2, 0.25) is 0 Å². The molecular weight excluding hydrogens is 264 g/mol. The molecule has 0 saturated heterocycles. The average molecular weight is 288 g/mol. The average Bonchev–Trinajstić information content (AvgIpc) is 2.94. The molecular formula is C18H24O3. The van der Waals surface area contributed by atoms with Crippen molar-refractivity contribution in [3.63, 3.8) is 0 Å². The van der Waals surface area contributed by atoms with E-state index in [4.69, 9.17) is 9.52 Å². The van der Waals surface area contributed by atoms with Gasteiger partial charge in [-0.25, -0.2) is 0 Å². The van der Waals surface area contributed by atoms with E-state index in [1.54, 1.807) is 6.26 Å². The molecule has 0 atom stereocenters. The molecule has 0 spiro atoms. The maximum Gasteiger partial charge on any atom is 0.303 e. The van der Waals surface area contributed by atoms with Crippen molar-refractivity contribution < 1.29 is 14.3 Å². The molecule has 0 aliphatic rings. The van der Waals surface area contributed by atoms with Crippen LogP contribution in [0.3, 0.4) is 0 Å². The molecule has 0 saturated carbocycles. The summed E-state index contributed by atoms with van der Waals surface area (Å²) in [6.07, 6.45) is 11.1. The minimum Gasteiger partial charge on any atom is -0.481 e. The maximum absolute atomic E-state index is 10.4. The highest BCUT2D eigenvalue weighted by Gasteiger charge is 2.02. The molecule has 1 N–H and O–H groups in total. The van der Waals surface area contributed by atoms with E-state index in [-0.39, 0.29) is 0 Å². The van der Waals surface area contributed by atoms with Crippen LogP contribution in [0, 0.1) is 0 Å². The zero-order valence-corrected chi connectivity index (χ0v) is 12.5. The van der Waals surface area contributed by atoms with Crippen molar-refractivity contribution in [2.45, 2.75) is 57.8 Å². The Morgan fingerprint density at radius 2 is 1.67 bits per heavy atom. The quantitative estimate of drug-likeness (QED) is 0.613. The minimum atomic E-state index is -0.677. The van der Waals surface area contributed by atoms with Crippen LogP contribution in [-0.4, -0.2) is 11.1 Å². The zero-order chi connectivity index (χ0) is 14.9. The van der Waals surface area contributed by atoms with Crippen molar-refractivity contribution in [3.8, 4) is 0 Å². The first-order chi connectivity index (χ1) is 10.3. The number of carbonyl (C=O) groups is 1. The zero-order valence-electron chi connectivity index (χ0n) is 12.5. The molecule has 0 aliphatic carbocycles. The highest BCUT2D eigenvalue weighted by molar-refractivity contribution is 5.80. The molecule has 21 heavy (non-hydrogen) atoms. The van der Waals surface area contributed by atoms with E-state index >= 15 is 0 Å². The number of carboxylic acid groups (broad SMARTS) is 1. The Kier molecular flexibility index (Phi) is 6.32. The highest BCUT2D eigenvalue weighted by atomic mass is 16.4. The fourth-order valence-corrected chi connectivity index (χ4v) is 2.75. The maximum atomic E-state index is 10.4. The number of carboxylic acids is 1. The van der Waals surface area contributed by atoms with Crippen molar-refractivity contribution >= 4 is 16.9 Å². The molecule has 114 valence electrons. The lowest BCUT2D eigenvalue weighted by molar-refractivity contribution is -0.137. The van der Waals surface area contributed by atoms with Crippen LogP contribution in [0.15, 0.2) is 34.9 Å². The molecule has 0 bridgehead atoms. The van der Waals surface area contributed by atoms with E-state index < -0.39 is 5.97 Å². The first-order valence-electron chi connectivity index (χ1n) is 7.94. The number of aryl methyl sites for hydroxylation is 1. The largest absolute Gasteiger partial charge is 0.481 e. The van der Waals surface area contributed by atoms with Gasteiger partial charge in [0.1, 0.15) is 5.58 Å². The number of unbranched alkanes of at least 4 members (excludes halogenated alkanes) is 6. The Hall–Kier alpha value is -1.77. The summed E-state index contributed by atoms with van der Waals surface area (Å²) in [5.41, 5.74) is 2.36. The van der Waals surface area contributed by atoms with Gasteiger partial charge in [-0.3, -0.25) is 4.79 Å². The van der Waals surface area contributed by atoms with Gasteiger partial charge < -0.3 is 9.52 Å². The molecule has 3 heteroatoms. The van der Waals surface area contributed by atoms with Gasteiger partial charge >= 0.3 is 5.97 Å². The standard InChI is InChI=1S/C18H24O3/c19-18(20)12-7-5-3-1-2-4-6-9-15-10-8-11-17-16(15)13-14-21-17/h8,10-11,13-14H,1-7,9,12H2,(H,19,20). The summed E-state index contributed by atoms with van der Waals surface area (Å²) in [6, 6.07) is 8.30. The molecule has 1 aromatic heterocycles. The van der Waals surface area contributed by atoms with Crippen molar-refractivity contribution in [1.82, 2.24) is 0 Å². The first-order valence-corrected chi connectivity index (χ1v) is 7.94. The van der Waals surface area contributed by atoms with E-state index in [2.05, 4.69) is 12.1 Å². The number of fused-ring (bicyclic) bond motifs is 1. The molecule has 1 heterocycles. The Morgan fingerprint density at radius 1 is 0.952 bits per heavy atom. The van der Waals surface area contributed by atoms with Crippen LogP contribution >= 0.6 is 0 Å². The molecule has 1 aromatic carbocycles. The van der Waals surface area contributed by atoms with Crippen molar-refractivity contribution in [3.05, 3.63) is 36.1 Å². The lowest BCUT2D eigenvalue weighted by Crippen LogP contribution is -1.93. The topological polar surface area (TPSA) is 50.4 Å². The summed E-state index contributed by atoms with van der Waals surface area (Å²) in [6.45, 7) is 0. The Labute approximate surface area is 126 Å². The molecule has 0 aliphatic heterocycles. The van der Waals surface area contributed by atoms with Crippen LogP contribution in [0.2, 0.25) is 0 Å². The van der Waals surface area contributed by atoms with E-state index in [1.165, 1.54) is 36.6 Å². The van der Waals surface area contributed by atoms with Crippen LogP contribution in [0.1, 0.15) is 56.9 Å². The second kappa shape index (κ2) is 8.50. The Bertz CT molecular complexity index is 556. The number of hydrogen-bond donors (Lipinski definition) is 1. The van der Waals surface area contributed by atoms with Gasteiger partial charge in [0.25, 0.3) is 0 Å². The van der Waals surface area contributed by atoms with Crippen LogP contribution in [-0.2, 0) is 11.2 Å². The van der Waals surface area contributed by atoms with Crippen molar-refractivity contribution in [1.29, 1.82) is 0 Å². The summed E-state index contributed by atoms with van der Waals surface area (Å²) in [5.74, 6) is -0.677. The smallest absolute Gasteiger partial charge is 0.303 e. The number of benzene rings is 1. The minimum absolute atomic E-state index is 0.314. The van der Waals surface area contributed by atoms with Gasteiger partial charge in [-0.2, -0.15) is 0 Å². The van der Waals surface area contributed by atoms with Gasteiger partial charge in [-0.05, 0) is 37.0 Å². The number of furan rings is 1. The molecule has 0 fully saturated rings. The predicted octanol–water partition coefficient (Wildman–Crippen LogP) is 5.18. The Balaban J connectivity index is 1.56. The summed E-state index contributed by atoms with van der Waals surface area (Å²) in [7, 11) is 0. The van der Waals surface area contributed by atoms with E-state index in [0.717, 1.165) is 31.3 Å². The number of aliphatic carboxylic acids is 1. The molecule has 2 aromatic rings. The van der Waals surface area contributed by atoms with Crippen LogP contribution in [0.5, 0.6) is 0 Å². The third kappa shape index (κ3) is 5.25. The summed E-state index contributed by atoms with van der Waals surface area (Å²) < 4.78 is 5.42. The van der Waals surface area contributed by atoms with Crippen LogP contribution in [0.25, 0.3) is 11.0 Å². The third-order valence-corrected chi connectivity index (χ3v) is 3.92. The highest BCUT2D eigenvalue weighted by Crippen LogP contribution is 2.21. The molecule has 2 rings (SSSR count). The second-order valence-electron chi connectivity index (χ2n) is 5.62. The molecule has 3 nitrogen and oxygen atoms in total. The fraction of sp³-hybridized carbons (Fsp3) is 0.500. The normalized spacial score (nSPS) is 11.0. The molecule has 0 unspecified atom stereocenters. The third-order valence-electron chi connectivity index (χ3n) is 3.92. The SMILES string of the molecule is O=C(O)CCCCCCCCCc1cccc2occc12. The predicted molar refractivity (Wildman–Crippen MR) is 84.5 cm³/mol.